The van der Waals surface area contributed by atoms with E-state index < -0.39 is 8.32 Å². The van der Waals surface area contributed by atoms with Crippen LogP contribution in [0.15, 0.2) is 94.7 Å². The Morgan fingerprint density at radius 1 is 0.833 bits per heavy atom. The Morgan fingerprint density at radius 3 is 2.00 bits per heavy atom. The first kappa shape index (κ1) is 25.4. The molecule has 0 radical (unpaired) electrons. The minimum absolute atomic E-state index is 0.146. The molecular weight excluding hydrogens is 462 g/mol. The summed E-state index contributed by atoms with van der Waals surface area (Å²) >= 11 is 0. The van der Waals surface area contributed by atoms with Gasteiger partial charge in [-0.3, -0.25) is 9.48 Å². The van der Waals surface area contributed by atoms with Crippen LogP contribution >= 0.6 is 0 Å². The minimum Gasteiger partial charge on any atom is -0.543 e. The van der Waals surface area contributed by atoms with Crippen LogP contribution in [0.25, 0.3) is 5.69 Å². The van der Waals surface area contributed by atoms with Crippen LogP contribution in [-0.2, 0) is 7.05 Å². The van der Waals surface area contributed by atoms with Gasteiger partial charge in [0, 0.05) is 18.2 Å². The van der Waals surface area contributed by atoms with Gasteiger partial charge in [0.25, 0.3) is 13.9 Å². The van der Waals surface area contributed by atoms with Crippen molar-refractivity contribution in [2.75, 3.05) is 0 Å². The average Bonchev–Trinajstić information content (AvgIpc) is 3.14. The van der Waals surface area contributed by atoms with Gasteiger partial charge in [0.1, 0.15) is 5.75 Å². The molecule has 0 aliphatic heterocycles. The molecule has 0 fully saturated rings. The summed E-state index contributed by atoms with van der Waals surface area (Å²) in [7, 11) is -0.0296. The third-order valence-electron chi connectivity index (χ3n) is 7.20. The summed E-state index contributed by atoms with van der Waals surface area (Å²) in [6.45, 7) is 8.63. The molecule has 5 nitrogen and oxygen atoms in total. The second-order valence-corrected chi connectivity index (χ2v) is 13.8. The van der Waals surface area contributed by atoms with E-state index in [2.05, 4.69) is 26.8 Å². The van der Waals surface area contributed by atoms with Gasteiger partial charge in [-0.2, -0.15) is 0 Å². The number of nitrogens with zero attached hydrogens (tertiary/aromatic N) is 3. The maximum absolute atomic E-state index is 13.7. The quantitative estimate of drug-likeness (QED) is 0.184. The molecule has 4 rings (SSSR count). The lowest BCUT2D eigenvalue weighted by Crippen LogP contribution is -2.39. The molecule has 1 heterocycles. The van der Waals surface area contributed by atoms with Gasteiger partial charge >= 0.3 is 0 Å². The normalized spacial score (nSPS) is 12.1. The number of para-hydroxylation sites is 2. The summed E-state index contributed by atoms with van der Waals surface area (Å²) in [5.74, 6) is 0.842. The zero-order valence-electron chi connectivity index (χ0n) is 21.9. The molecule has 0 saturated carbocycles. The van der Waals surface area contributed by atoms with Crippen LogP contribution in [0.4, 0.5) is 5.69 Å². The van der Waals surface area contributed by atoms with E-state index in [-0.39, 0.29) is 5.56 Å². The van der Waals surface area contributed by atoms with Gasteiger partial charge in [0.05, 0.1) is 17.1 Å². The second kappa shape index (κ2) is 11.0. The van der Waals surface area contributed by atoms with E-state index in [4.69, 9.17) is 9.42 Å². The standard InChI is InChI=1S/C30H35N3O2Si/c1-6-36(7-2,8-3)35-27-22-16-15-21-26(27)29(24-17-11-9-12-18-24)31-28-23(4)32(5)33(30(28)34)25-19-13-10-14-20-25/h9-22H,6-8H2,1-5H3. The Hall–Kier alpha value is -3.64. The smallest absolute Gasteiger partial charge is 0.297 e. The summed E-state index contributed by atoms with van der Waals surface area (Å²) in [5, 5.41) is 0. The molecule has 0 saturated heterocycles. The van der Waals surface area contributed by atoms with Crippen molar-refractivity contribution >= 4 is 19.7 Å². The van der Waals surface area contributed by atoms with E-state index in [9.17, 15) is 4.79 Å². The summed E-state index contributed by atoms with van der Waals surface area (Å²) < 4.78 is 10.4. The Bertz CT molecular complexity index is 1390. The van der Waals surface area contributed by atoms with Crippen LogP contribution < -0.4 is 9.99 Å². The van der Waals surface area contributed by atoms with Gasteiger partial charge in [-0.15, -0.1) is 0 Å². The fourth-order valence-corrected chi connectivity index (χ4v) is 7.20. The van der Waals surface area contributed by atoms with Crippen molar-refractivity contribution in [3.8, 4) is 11.4 Å². The van der Waals surface area contributed by atoms with Crippen molar-refractivity contribution in [3.63, 3.8) is 0 Å². The lowest BCUT2D eigenvalue weighted by molar-refractivity contribution is 0.531. The molecule has 0 aliphatic rings. The van der Waals surface area contributed by atoms with Crippen LogP contribution in [0.5, 0.6) is 5.75 Å². The molecule has 0 bridgehead atoms. The fraction of sp³-hybridized carbons (Fsp3) is 0.267. The topological polar surface area (TPSA) is 48.5 Å². The third kappa shape index (κ3) is 4.86. The number of hydrogen-bond acceptors (Lipinski definition) is 3. The van der Waals surface area contributed by atoms with Crippen molar-refractivity contribution in [1.29, 1.82) is 0 Å². The van der Waals surface area contributed by atoms with Gasteiger partial charge in [-0.05, 0) is 49.3 Å². The van der Waals surface area contributed by atoms with E-state index in [0.29, 0.717) is 5.69 Å². The maximum Gasteiger partial charge on any atom is 0.297 e. The van der Waals surface area contributed by atoms with E-state index in [0.717, 1.165) is 52.1 Å². The first-order chi connectivity index (χ1) is 17.4. The first-order valence-corrected chi connectivity index (χ1v) is 15.2. The summed E-state index contributed by atoms with van der Waals surface area (Å²) in [5.41, 5.74) is 4.49. The van der Waals surface area contributed by atoms with Crippen molar-refractivity contribution in [2.24, 2.45) is 12.0 Å². The monoisotopic (exact) mass is 497 g/mol. The van der Waals surface area contributed by atoms with E-state index >= 15 is 0 Å². The Morgan fingerprint density at radius 2 is 1.39 bits per heavy atom. The van der Waals surface area contributed by atoms with Crippen LogP contribution in [0.1, 0.15) is 37.6 Å². The number of aromatic nitrogens is 2. The molecule has 0 amide bonds. The molecule has 0 N–H and O–H groups in total. The summed E-state index contributed by atoms with van der Waals surface area (Å²) in [6.07, 6.45) is 0. The second-order valence-electron chi connectivity index (χ2n) is 9.08. The van der Waals surface area contributed by atoms with Crippen molar-refractivity contribution < 1.29 is 4.43 Å². The molecule has 3 aromatic carbocycles. The SMILES string of the molecule is CC[Si](CC)(CC)Oc1ccccc1C(=Nc1c(C)n(C)n(-c2ccccc2)c1=O)c1ccccc1. The number of aliphatic imine (C=N–C) groups is 1. The summed E-state index contributed by atoms with van der Waals surface area (Å²) in [4.78, 5) is 18.7. The largest absolute Gasteiger partial charge is 0.543 e. The highest BCUT2D eigenvalue weighted by Gasteiger charge is 2.32. The van der Waals surface area contributed by atoms with Crippen LogP contribution in [0.3, 0.4) is 0 Å². The van der Waals surface area contributed by atoms with Gasteiger partial charge in [-0.1, -0.05) is 81.4 Å². The van der Waals surface area contributed by atoms with Crippen LogP contribution in [0, 0.1) is 6.92 Å². The number of benzene rings is 3. The summed E-state index contributed by atoms with van der Waals surface area (Å²) in [6, 6.07) is 31.0. The molecule has 4 aromatic rings. The zero-order valence-corrected chi connectivity index (χ0v) is 22.9. The Kier molecular flexibility index (Phi) is 7.75. The highest BCUT2D eigenvalue weighted by molar-refractivity contribution is 6.74. The highest BCUT2D eigenvalue weighted by Crippen LogP contribution is 2.31. The lowest BCUT2D eigenvalue weighted by Gasteiger charge is -2.30. The number of rotatable bonds is 9. The molecule has 0 unspecified atom stereocenters. The van der Waals surface area contributed by atoms with Crippen LogP contribution in [0.2, 0.25) is 18.1 Å². The molecule has 0 aliphatic carbocycles. The molecule has 0 atom stereocenters. The van der Waals surface area contributed by atoms with Gasteiger partial charge in [0.15, 0.2) is 5.69 Å². The third-order valence-corrected chi connectivity index (χ3v) is 11.7. The van der Waals surface area contributed by atoms with Gasteiger partial charge in [-0.25, -0.2) is 9.67 Å². The molecule has 1 aromatic heterocycles. The van der Waals surface area contributed by atoms with Gasteiger partial charge < -0.3 is 4.43 Å². The number of hydrogen-bond donors (Lipinski definition) is 0. The van der Waals surface area contributed by atoms with Crippen LogP contribution in [-0.4, -0.2) is 23.4 Å². The predicted molar refractivity (Wildman–Crippen MR) is 152 cm³/mol. The Labute approximate surface area is 214 Å². The molecular formula is C30H35N3O2Si. The zero-order chi connectivity index (χ0) is 25.7. The van der Waals surface area contributed by atoms with Gasteiger partial charge in [0.2, 0.25) is 0 Å². The Balaban J connectivity index is 1.94. The van der Waals surface area contributed by atoms with E-state index in [1.54, 1.807) is 4.68 Å². The van der Waals surface area contributed by atoms with E-state index in [1.807, 2.05) is 97.5 Å². The predicted octanol–water partition coefficient (Wildman–Crippen LogP) is 7.04. The minimum atomic E-state index is -1.92. The average molecular weight is 498 g/mol. The van der Waals surface area contributed by atoms with Crippen molar-refractivity contribution in [1.82, 2.24) is 9.36 Å². The van der Waals surface area contributed by atoms with Crippen molar-refractivity contribution in [2.45, 2.75) is 45.8 Å². The molecule has 186 valence electrons. The fourth-order valence-electron chi connectivity index (χ4n) is 4.62. The first-order valence-electron chi connectivity index (χ1n) is 12.7. The molecule has 6 heteroatoms. The van der Waals surface area contributed by atoms with Crippen molar-refractivity contribution in [3.05, 3.63) is 112 Å². The van der Waals surface area contributed by atoms with E-state index in [1.165, 1.54) is 0 Å². The highest BCUT2D eigenvalue weighted by atomic mass is 28.4. The lowest BCUT2D eigenvalue weighted by atomic mass is 10.0. The molecule has 36 heavy (non-hydrogen) atoms. The molecule has 0 spiro atoms. The maximum atomic E-state index is 13.7.